The van der Waals surface area contributed by atoms with E-state index in [4.69, 9.17) is 5.10 Å². The molecule has 2 aromatic heterocycles. The molecule has 0 saturated heterocycles. The fraction of sp³-hybridized carbons (Fsp3) is 0.200. The summed E-state index contributed by atoms with van der Waals surface area (Å²) in [6.45, 7) is 8.02. The Kier molecular flexibility index (Phi) is 8.02. The monoisotopic (exact) mass is 558 g/mol. The summed E-state index contributed by atoms with van der Waals surface area (Å²) in [5.74, 6) is -0.324. The van der Waals surface area contributed by atoms with Gasteiger partial charge in [0.2, 0.25) is 0 Å². The van der Waals surface area contributed by atoms with Crippen molar-refractivity contribution in [1.29, 1.82) is 0 Å². The van der Waals surface area contributed by atoms with E-state index in [9.17, 15) is 14.7 Å². The number of hydrogen-bond acceptors (Lipinski definition) is 5. The molecule has 0 radical (unpaired) electrons. The maximum atomic E-state index is 13.1. The largest absolute Gasteiger partial charge is 0.508 e. The van der Waals surface area contributed by atoms with E-state index < -0.39 is 6.04 Å². The summed E-state index contributed by atoms with van der Waals surface area (Å²) in [4.78, 5) is 29.9. The summed E-state index contributed by atoms with van der Waals surface area (Å²) in [5.41, 5.74) is 6.72. The van der Waals surface area contributed by atoms with Gasteiger partial charge in [-0.2, -0.15) is 5.10 Å². The van der Waals surface area contributed by atoms with Crippen molar-refractivity contribution in [1.82, 2.24) is 20.1 Å². The number of carbonyl (C=O) groups is 2. The van der Waals surface area contributed by atoms with Gasteiger partial charge in [-0.1, -0.05) is 63.2 Å². The highest BCUT2D eigenvalue weighted by Gasteiger charge is 2.20. The molecule has 1 unspecified atom stereocenters. The molecule has 1 atom stereocenters. The lowest BCUT2D eigenvalue weighted by atomic mass is 9.87. The smallest absolute Gasteiger partial charge is 0.251 e. The Morgan fingerprint density at radius 3 is 2.17 bits per heavy atom. The predicted octanol–water partition coefficient (Wildman–Crippen LogP) is 6.53. The third kappa shape index (κ3) is 6.47. The summed E-state index contributed by atoms with van der Waals surface area (Å²) >= 11 is 0. The third-order valence-corrected chi connectivity index (χ3v) is 7.23. The number of aromatic hydroxyl groups is 1. The van der Waals surface area contributed by atoms with Crippen LogP contribution in [0, 0.1) is 0 Å². The third-order valence-electron chi connectivity index (χ3n) is 7.23. The van der Waals surface area contributed by atoms with Crippen LogP contribution in [0.2, 0.25) is 0 Å². The van der Waals surface area contributed by atoms with Crippen molar-refractivity contribution in [3.05, 3.63) is 120 Å². The molecular formula is C35H34N4O3. The van der Waals surface area contributed by atoms with Gasteiger partial charge in [-0.3, -0.25) is 14.6 Å². The molecule has 7 heteroatoms. The number of aromatic nitrogens is 3. The normalized spacial score (nSPS) is 12.1. The van der Waals surface area contributed by atoms with Crippen LogP contribution in [-0.4, -0.2) is 37.6 Å². The lowest BCUT2D eigenvalue weighted by molar-refractivity contribution is -0.118. The highest BCUT2D eigenvalue weighted by molar-refractivity contribution is 5.98. The number of phenolic OH excluding ortho intramolecular Hbond substituents is 1. The van der Waals surface area contributed by atoms with Gasteiger partial charge in [-0.05, 0) is 84.5 Å². The van der Waals surface area contributed by atoms with Crippen molar-refractivity contribution in [3.63, 3.8) is 0 Å². The zero-order valence-corrected chi connectivity index (χ0v) is 24.2. The van der Waals surface area contributed by atoms with Gasteiger partial charge in [0.1, 0.15) is 11.4 Å². The molecule has 2 N–H and O–H groups in total. The number of carbonyl (C=O) groups excluding carboxylic acids is 2. The number of pyridine rings is 1. The minimum atomic E-state index is -0.680. The van der Waals surface area contributed by atoms with E-state index in [-0.39, 0.29) is 22.9 Å². The van der Waals surface area contributed by atoms with E-state index in [0.717, 1.165) is 33.9 Å². The van der Waals surface area contributed by atoms with Crippen molar-refractivity contribution >= 4 is 11.7 Å². The van der Waals surface area contributed by atoms with E-state index in [1.165, 1.54) is 12.5 Å². The first-order valence-corrected chi connectivity index (χ1v) is 13.9. The number of nitrogens with zero attached hydrogens (tertiary/aromatic N) is 3. The molecule has 7 nitrogen and oxygen atoms in total. The van der Waals surface area contributed by atoms with E-state index in [2.05, 4.69) is 55.3 Å². The summed E-state index contributed by atoms with van der Waals surface area (Å²) < 4.78 is 1.90. The topological polar surface area (TPSA) is 97.1 Å². The van der Waals surface area contributed by atoms with Crippen LogP contribution in [0.3, 0.4) is 0 Å². The Hall–Kier alpha value is -5.04. The van der Waals surface area contributed by atoms with Crippen LogP contribution in [0.25, 0.3) is 28.3 Å². The SMILES string of the molecule is CC(=O)C(Cc1ccc(O)cc1)NC(=O)c1ccc(-c2cc(-c3ccccn3)nn2-c2ccc(C(C)(C)C)cc2)cc1. The van der Waals surface area contributed by atoms with Gasteiger partial charge in [0, 0.05) is 17.3 Å². The predicted molar refractivity (Wildman–Crippen MR) is 165 cm³/mol. The van der Waals surface area contributed by atoms with Crippen LogP contribution in [0.15, 0.2) is 103 Å². The second-order valence-corrected chi connectivity index (χ2v) is 11.4. The van der Waals surface area contributed by atoms with E-state index in [0.29, 0.717) is 12.0 Å². The van der Waals surface area contributed by atoms with Crippen molar-refractivity contribution in [2.45, 2.75) is 45.6 Å². The molecule has 42 heavy (non-hydrogen) atoms. The molecule has 5 rings (SSSR count). The zero-order chi connectivity index (χ0) is 29.9. The Balaban J connectivity index is 1.42. The maximum Gasteiger partial charge on any atom is 0.251 e. The highest BCUT2D eigenvalue weighted by atomic mass is 16.3. The Morgan fingerprint density at radius 2 is 1.57 bits per heavy atom. The van der Waals surface area contributed by atoms with Crippen LogP contribution < -0.4 is 5.32 Å². The lowest BCUT2D eigenvalue weighted by Crippen LogP contribution is -2.41. The first-order valence-electron chi connectivity index (χ1n) is 13.9. The zero-order valence-electron chi connectivity index (χ0n) is 24.2. The maximum absolute atomic E-state index is 13.1. The Labute approximate surface area is 245 Å². The van der Waals surface area contributed by atoms with Crippen molar-refractivity contribution in [3.8, 4) is 34.1 Å². The molecule has 3 aromatic carbocycles. The lowest BCUT2D eigenvalue weighted by Gasteiger charge is -2.19. The Morgan fingerprint density at radius 1 is 0.881 bits per heavy atom. The van der Waals surface area contributed by atoms with Crippen LogP contribution >= 0.6 is 0 Å². The molecule has 1 amide bonds. The fourth-order valence-corrected chi connectivity index (χ4v) is 4.72. The summed E-state index contributed by atoms with van der Waals surface area (Å²) in [7, 11) is 0. The average Bonchev–Trinajstić information content (AvgIpc) is 3.44. The first-order chi connectivity index (χ1) is 20.1. The van der Waals surface area contributed by atoms with Gasteiger partial charge in [0.05, 0.1) is 23.1 Å². The molecule has 0 aliphatic carbocycles. The summed E-state index contributed by atoms with van der Waals surface area (Å²) in [6.07, 6.45) is 2.08. The highest BCUT2D eigenvalue weighted by Crippen LogP contribution is 2.30. The number of amides is 1. The van der Waals surface area contributed by atoms with Gasteiger partial charge in [-0.15, -0.1) is 0 Å². The standard InChI is InChI=1S/C35H34N4O3/c1-23(40)31(21-24-8-18-29(41)19-9-24)37-34(42)26-12-10-25(11-13-26)33-22-32(30-7-5-6-20-36-30)38-39(33)28-16-14-27(15-17-28)35(2,3)4/h5-20,22,31,41H,21H2,1-4H3,(H,37,42). The molecule has 212 valence electrons. The molecular weight excluding hydrogens is 524 g/mol. The van der Waals surface area contributed by atoms with Crippen LogP contribution in [0.1, 0.15) is 49.2 Å². The molecule has 0 saturated carbocycles. The second kappa shape index (κ2) is 11.8. The van der Waals surface area contributed by atoms with Crippen molar-refractivity contribution in [2.24, 2.45) is 0 Å². The van der Waals surface area contributed by atoms with Gasteiger partial charge in [0.15, 0.2) is 5.78 Å². The van der Waals surface area contributed by atoms with E-state index >= 15 is 0 Å². The Bertz CT molecular complexity index is 1680. The quantitative estimate of drug-likeness (QED) is 0.226. The van der Waals surface area contributed by atoms with Crippen LogP contribution in [-0.2, 0) is 16.6 Å². The molecule has 0 spiro atoms. The molecule has 0 aliphatic heterocycles. The van der Waals surface area contributed by atoms with Crippen LogP contribution in [0.5, 0.6) is 5.75 Å². The average molecular weight is 559 g/mol. The number of Topliss-reactive ketones (excluding diaryl/α,β-unsaturated/α-hetero) is 1. The minimum absolute atomic E-state index is 0.0342. The van der Waals surface area contributed by atoms with E-state index in [1.54, 1.807) is 42.6 Å². The van der Waals surface area contributed by atoms with Crippen molar-refractivity contribution in [2.75, 3.05) is 0 Å². The van der Waals surface area contributed by atoms with Crippen molar-refractivity contribution < 1.29 is 14.7 Å². The number of rotatable bonds is 8. The number of phenols is 1. The number of benzene rings is 3. The van der Waals surface area contributed by atoms with Gasteiger partial charge >= 0.3 is 0 Å². The minimum Gasteiger partial charge on any atom is -0.508 e. The number of ketones is 1. The summed E-state index contributed by atoms with van der Waals surface area (Å²) in [5, 5.41) is 17.3. The molecule has 0 aliphatic rings. The van der Waals surface area contributed by atoms with E-state index in [1.807, 2.05) is 41.1 Å². The molecule has 2 heterocycles. The number of hydrogen-bond donors (Lipinski definition) is 2. The van der Waals surface area contributed by atoms with Crippen LogP contribution in [0.4, 0.5) is 0 Å². The summed E-state index contributed by atoms with van der Waals surface area (Å²) in [6, 6.07) is 29.3. The molecule has 5 aromatic rings. The molecule has 0 fully saturated rings. The van der Waals surface area contributed by atoms with Gasteiger partial charge in [-0.25, -0.2) is 4.68 Å². The van der Waals surface area contributed by atoms with Gasteiger partial charge in [0.25, 0.3) is 5.91 Å². The first kappa shape index (κ1) is 28.5. The second-order valence-electron chi connectivity index (χ2n) is 11.4. The number of nitrogens with one attached hydrogen (secondary N) is 1. The fourth-order valence-electron chi connectivity index (χ4n) is 4.72. The molecule has 0 bridgehead atoms. The van der Waals surface area contributed by atoms with Gasteiger partial charge < -0.3 is 10.4 Å².